The third-order valence-electron chi connectivity index (χ3n) is 2.89. The number of hydrogen-bond acceptors (Lipinski definition) is 3. The lowest BCUT2D eigenvalue weighted by molar-refractivity contribution is 0.619. The lowest BCUT2D eigenvalue weighted by atomic mass is 10.1. The van der Waals surface area contributed by atoms with Crippen molar-refractivity contribution in [2.24, 2.45) is 0 Å². The Kier molecular flexibility index (Phi) is 4.58. The molecule has 2 aromatic rings. The van der Waals surface area contributed by atoms with Gasteiger partial charge in [-0.25, -0.2) is 14.4 Å². The van der Waals surface area contributed by atoms with Crippen LogP contribution < -0.4 is 5.32 Å². The van der Waals surface area contributed by atoms with Gasteiger partial charge in [-0.1, -0.05) is 19.1 Å². The largest absolute Gasteiger partial charge is 0.313 e. The third kappa shape index (κ3) is 3.58. The van der Waals surface area contributed by atoms with Crippen LogP contribution in [0.4, 0.5) is 4.39 Å². The molecule has 0 amide bonds. The molecule has 0 aliphatic rings. The zero-order valence-electron chi connectivity index (χ0n) is 11.3. The lowest BCUT2D eigenvalue weighted by Crippen LogP contribution is -2.14. The van der Waals surface area contributed by atoms with Crippen LogP contribution in [0.15, 0.2) is 30.6 Å². The molecule has 100 valence electrons. The number of nitrogens with zero attached hydrogens (tertiary/aromatic N) is 2. The van der Waals surface area contributed by atoms with Crippen LogP contribution in [0.2, 0.25) is 0 Å². The number of aromatic nitrogens is 2. The second kappa shape index (κ2) is 6.38. The first kappa shape index (κ1) is 13.6. The SMILES string of the molecule is CCCNCc1cnc(-c2ccc(C)c(F)c2)nc1. The van der Waals surface area contributed by atoms with E-state index in [1.165, 1.54) is 6.07 Å². The second-order valence-corrected chi connectivity index (χ2v) is 4.56. The molecule has 0 saturated carbocycles. The Labute approximate surface area is 112 Å². The molecule has 1 N–H and O–H groups in total. The Morgan fingerprint density at radius 2 is 1.95 bits per heavy atom. The van der Waals surface area contributed by atoms with Crippen molar-refractivity contribution in [2.75, 3.05) is 6.54 Å². The van der Waals surface area contributed by atoms with Crippen LogP contribution in [-0.4, -0.2) is 16.5 Å². The molecular formula is C15H18FN3. The summed E-state index contributed by atoms with van der Waals surface area (Å²) in [5, 5.41) is 3.29. The van der Waals surface area contributed by atoms with Gasteiger partial charge in [0.1, 0.15) is 5.82 Å². The molecule has 3 nitrogen and oxygen atoms in total. The number of rotatable bonds is 5. The van der Waals surface area contributed by atoms with E-state index in [9.17, 15) is 4.39 Å². The Morgan fingerprint density at radius 3 is 2.58 bits per heavy atom. The standard InChI is InChI=1S/C15H18FN3/c1-3-6-17-8-12-9-18-15(19-10-12)13-5-4-11(2)14(16)7-13/h4-5,7,9-10,17H,3,6,8H2,1-2H3. The highest BCUT2D eigenvalue weighted by molar-refractivity contribution is 5.55. The van der Waals surface area contributed by atoms with Crippen LogP contribution in [-0.2, 0) is 6.54 Å². The fraction of sp³-hybridized carbons (Fsp3) is 0.333. The minimum atomic E-state index is -0.227. The number of benzene rings is 1. The zero-order valence-corrected chi connectivity index (χ0v) is 11.3. The van der Waals surface area contributed by atoms with E-state index in [0.717, 1.165) is 25.1 Å². The van der Waals surface area contributed by atoms with Gasteiger partial charge in [-0.05, 0) is 31.5 Å². The zero-order chi connectivity index (χ0) is 13.7. The minimum Gasteiger partial charge on any atom is -0.313 e. The molecule has 1 heterocycles. The normalized spacial score (nSPS) is 10.7. The highest BCUT2D eigenvalue weighted by Crippen LogP contribution is 2.17. The maximum atomic E-state index is 13.5. The van der Waals surface area contributed by atoms with E-state index in [2.05, 4.69) is 22.2 Å². The van der Waals surface area contributed by atoms with E-state index in [1.807, 2.05) is 6.07 Å². The molecule has 0 aliphatic carbocycles. The summed E-state index contributed by atoms with van der Waals surface area (Å²) in [5.74, 6) is 0.327. The van der Waals surface area contributed by atoms with Crippen LogP contribution in [0, 0.1) is 12.7 Å². The van der Waals surface area contributed by atoms with Crippen LogP contribution >= 0.6 is 0 Å². The monoisotopic (exact) mass is 259 g/mol. The molecule has 0 radical (unpaired) electrons. The Bertz CT molecular complexity index is 538. The van der Waals surface area contributed by atoms with Gasteiger partial charge in [0.05, 0.1) is 0 Å². The van der Waals surface area contributed by atoms with Gasteiger partial charge in [0.25, 0.3) is 0 Å². The molecule has 0 saturated heterocycles. The molecule has 4 heteroatoms. The maximum Gasteiger partial charge on any atom is 0.159 e. The second-order valence-electron chi connectivity index (χ2n) is 4.56. The molecular weight excluding hydrogens is 241 g/mol. The summed E-state index contributed by atoms with van der Waals surface area (Å²) in [7, 11) is 0. The van der Waals surface area contributed by atoms with E-state index >= 15 is 0 Å². The summed E-state index contributed by atoms with van der Waals surface area (Å²) >= 11 is 0. The fourth-order valence-electron chi connectivity index (χ4n) is 1.74. The summed E-state index contributed by atoms with van der Waals surface area (Å²) < 4.78 is 13.5. The summed E-state index contributed by atoms with van der Waals surface area (Å²) in [5.41, 5.74) is 2.37. The first-order valence-corrected chi connectivity index (χ1v) is 6.49. The highest BCUT2D eigenvalue weighted by atomic mass is 19.1. The number of hydrogen-bond donors (Lipinski definition) is 1. The molecule has 0 bridgehead atoms. The van der Waals surface area contributed by atoms with Crippen molar-refractivity contribution in [3.63, 3.8) is 0 Å². The predicted molar refractivity (Wildman–Crippen MR) is 74.2 cm³/mol. The van der Waals surface area contributed by atoms with Crippen molar-refractivity contribution < 1.29 is 4.39 Å². The lowest BCUT2D eigenvalue weighted by Gasteiger charge is -2.05. The first-order valence-electron chi connectivity index (χ1n) is 6.49. The van der Waals surface area contributed by atoms with E-state index in [4.69, 9.17) is 0 Å². The van der Waals surface area contributed by atoms with E-state index < -0.39 is 0 Å². The molecule has 0 fully saturated rings. The average molecular weight is 259 g/mol. The van der Waals surface area contributed by atoms with Gasteiger partial charge in [0, 0.05) is 30.1 Å². The van der Waals surface area contributed by atoms with Gasteiger partial charge >= 0.3 is 0 Å². The van der Waals surface area contributed by atoms with Crippen LogP contribution in [0.5, 0.6) is 0 Å². The minimum absolute atomic E-state index is 0.227. The molecule has 0 unspecified atom stereocenters. The van der Waals surface area contributed by atoms with Gasteiger partial charge in [0.15, 0.2) is 5.82 Å². The molecule has 0 spiro atoms. The smallest absolute Gasteiger partial charge is 0.159 e. The number of aryl methyl sites for hydroxylation is 1. The van der Waals surface area contributed by atoms with Gasteiger partial charge in [-0.15, -0.1) is 0 Å². The van der Waals surface area contributed by atoms with Gasteiger partial charge in [0.2, 0.25) is 0 Å². The van der Waals surface area contributed by atoms with E-state index in [1.54, 1.807) is 25.4 Å². The summed E-state index contributed by atoms with van der Waals surface area (Å²) in [6.07, 6.45) is 4.66. The predicted octanol–water partition coefficient (Wildman–Crippen LogP) is 3.09. The number of halogens is 1. The average Bonchev–Trinajstić information content (AvgIpc) is 2.43. The van der Waals surface area contributed by atoms with Crippen molar-refractivity contribution in [1.82, 2.24) is 15.3 Å². The van der Waals surface area contributed by atoms with E-state index in [-0.39, 0.29) is 5.82 Å². The fourth-order valence-corrected chi connectivity index (χ4v) is 1.74. The number of nitrogens with one attached hydrogen (secondary N) is 1. The van der Waals surface area contributed by atoms with Gasteiger partial charge in [-0.2, -0.15) is 0 Å². The maximum absolute atomic E-state index is 13.5. The molecule has 2 rings (SSSR count). The van der Waals surface area contributed by atoms with Gasteiger partial charge < -0.3 is 5.32 Å². The Balaban J connectivity index is 2.11. The van der Waals surface area contributed by atoms with Gasteiger partial charge in [-0.3, -0.25) is 0 Å². The topological polar surface area (TPSA) is 37.8 Å². The van der Waals surface area contributed by atoms with E-state index in [0.29, 0.717) is 17.0 Å². The van der Waals surface area contributed by atoms with Crippen LogP contribution in [0.1, 0.15) is 24.5 Å². The molecule has 0 aliphatic heterocycles. The highest BCUT2D eigenvalue weighted by Gasteiger charge is 2.04. The van der Waals surface area contributed by atoms with Crippen molar-refractivity contribution in [3.05, 3.63) is 47.5 Å². The molecule has 19 heavy (non-hydrogen) atoms. The third-order valence-corrected chi connectivity index (χ3v) is 2.89. The summed E-state index contributed by atoms with van der Waals surface area (Å²) in [6, 6.07) is 5.05. The molecule has 1 aromatic carbocycles. The molecule has 1 aromatic heterocycles. The molecule has 0 atom stereocenters. The van der Waals surface area contributed by atoms with Crippen molar-refractivity contribution in [1.29, 1.82) is 0 Å². The summed E-state index contributed by atoms with van der Waals surface area (Å²) in [6.45, 7) is 5.60. The first-order chi connectivity index (χ1) is 9.20. The Hall–Kier alpha value is -1.81. The van der Waals surface area contributed by atoms with Crippen molar-refractivity contribution in [2.45, 2.75) is 26.8 Å². The van der Waals surface area contributed by atoms with Crippen molar-refractivity contribution in [3.8, 4) is 11.4 Å². The van der Waals surface area contributed by atoms with Crippen molar-refractivity contribution >= 4 is 0 Å². The van der Waals surface area contributed by atoms with Crippen LogP contribution in [0.3, 0.4) is 0 Å². The van der Waals surface area contributed by atoms with Crippen LogP contribution in [0.25, 0.3) is 11.4 Å². The summed E-state index contributed by atoms with van der Waals surface area (Å²) in [4.78, 5) is 8.56. The Morgan fingerprint density at radius 1 is 1.21 bits per heavy atom. The quantitative estimate of drug-likeness (QED) is 0.838.